The van der Waals surface area contributed by atoms with Crippen molar-refractivity contribution in [3.63, 3.8) is 0 Å². The van der Waals surface area contributed by atoms with Crippen LogP contribution < -0.4 is 4.72 Å². The van der Waals surface area contributed by atoms with Crippen LogP contribution in [0.2, 0.25) is 0 Å². The minimum Gasteiger partial charge on any atom is -0.291 e. The number of nitrogens with one attached hydrogen (secondary N) is 1. The highest BCUT2D eigenvalue weighted by atomic mass is 32.2. The third-order valence-electron chi connectivity index (χ3n) is 4.04. The standard InChI is InChI=1S/C18H12N4O4S2/c23-16-13-3-1-2-4-14(13)17(24)15(16)21-20-11-5-7-12(8-6-11)28(25,26)22-18-19-9-10-27-18/h1-10,15H,(H,19,22). The largest absolute Gasteiger partial charge is 0.291 e. The summed E-state index contributed by atoms with van der Waals surface area (Å²) in [6.07, 6.45) is 1.50. The number of benzene rings is 2. The van der Waals surface area contributed by atoms with Crippen LogP contribution in [-0.2, 0) is 10.0 Å². The molecule has 0 amide bonds. The van der Waals surface area contributed by atoms with Crippen LogP contribution in [0.15, 0.2) is 75.2 Å². The second-order valence-corrected chi connectivity index (χ2v) is 8.41. The van der Waals surface area contributed by atoms with Crippen molar-refractivity contribution < 1.29 is 18.0 Å². The molecule has 1 aliphatic carbocycles. The molecule has 1 aromatic heterocycles. The summed E-state index contributed by atoms with van der Waals surface area (Å²) < 4.78 is 27.0. The number of azo groups is 1. The highest BCUT2D eigenvalue weighted by Crippen LogP contribution is 2.26. The van der Waals surface area contributed by atoms with Crippen molar-refractivity contribution in [3.8, 4) is 0 Å². The zero-order valence-electron chi connectivity index (χ0n) is 14.1. The van der Waals surface area contributed by atoms with Gasteiger partial charge in [0.2, 0.25) is 0 Å². The highest BCUT2D eigenvalue weighted by molar-refractivity contribution is 7.93. The van der Waals surface area contributed by atoms with Crippen molar-refractivity contribution >= 4 is 43.7 Å². The molecule has 0 aliphatic heterocycles. The molecule has 4 rings (SSSR count). The fourth-order valence-electron chi connectivity index (χ4n) is 2.70. The molecule has 0 bridgehead atoms. The molecule has 0 fully saturated rings. The Balaban J connectivity index is 1.51. The quantitative estimate of drug-likeness (QED) is 0.508. The molecule has 10 heteroatoms. The molecule has 0 spiro atoms. The van der Waals surface area contributed by atoms with Crippen molar-refractivity contribution in [2.45, 2.75) is 10.9 Å². The van der Waals surface area contributed by atoms with Gasteiger partial charge in [-0.2, -0.15) is 10.2 Å². The van der Waals surface area contributed by atoms with Crippen LogP contribution >= 0.6 is 11.3 Å². The fraction of sp³-hybridized carbons (Fsp3) is 0.0556. The van der Waals surface area contributed by atoms with Gasteiger partial charge >= 0.3 is 0 Å². The number of Topliss-reactive ketones (excluding diaryl/α,β-unsaturated/α-hetero) is 2. The number of hydrogen-bond donors (Lipinski definition) is 1. The molecule has 1 aliphatic rings. The lowest BCUT2D eigenvalue weighted by Crippen LogP contribution is -2.18. The van der Waals surface area contributed by atoms with Gasteiger partial charge in [0, 0.05) is 22.7 Å². The van der Waals surface area contributed by atoms with Crippen LogP contribution in [0.3, 0.4) is 0 Å². The average Bonchev–Trinajstić information content (AvgIpc) is 3.28. The third-order valence-corrected chi connectivity index (χ3v) is 6.22. The predicted octanol–water partition coefficient (Wildman–Crippen LogP) is 3.48. The van der Waals surface area contributed by atoms with Crippen molar-refractivity contribution in [2.24, 2.45) is 10.2 Å². The van der Waals surface area contributed by atoms with Gasteiger partial charge in [-0.1, -0.05) is 24.3 Å². The lowest BCUT2D eigenvalue weighted by molar-refractivity contribution is 0.0891. The molecule has 2 aromatic carbocycles. The Hall–Kier alpha value is -3.24. The van der Waals surface area contributed by atoms with Crippen LogP contribution in [0, 0.1) is 0 Å². The molecular formula is C18H12N4O4S2. The molecule has 0 atom stereocenters. The van der Waals surface area contributed by atoms with Crippen molar-refractivity contribution in [2.75, 3.05) is 4.72 Å². The number of rotatable bonds is 5. The summed E-state index contributed by atoms with van der Waals surface area (Å²) in [6, 6.07) is 10.9. The molecular weight excluding hydrogens is 400 g/mol. The lowest BCUT2D eigenvalue weighted by Gasteiger charge is -2.05. The van der Waals surface area contributed by atoms with Gasteiger partial charge in [0.05, 0.1) is 10.6 Å². The summed E-state index contributed by atoms with van der Waals surface area (Å²) in [5.74, 6) is -0.785. The Morgan fingerprint density at radius 2 is 1.61 bits per heavy atom. The molecule has 140 valence electrons. The number of sulfonamides is 1. The number of ketones is 2. The summed E-state index contributed by atoms with van der Waals surface area (Å²) >= 11 is 1.17. The number of aromatic nitrogens is 1. The van der Waals surface area contributed by atoms with E-state index in [4.69, 9.17) is 0 Å². The maximum Gasteiger partial charge on any atom is 0.263 e. The number of carbonyl (C=O) groups is 2. The van der Waals surface area contributed by atoms with Gasteiger partial charge in [0.1, 0.15) is 0 Å². The van der Waals surface area contributed by atoms with Crippen molar-refractivity contribution in [1.82, 2.24) is 4.98 Å². The second kappa shape index (κ2) is 7.06. The molecule has 0 saturated heterocycles. The van der Waals surface area contributed by atoms with E-state index in [0.29, 0.717) is 16.8 Å². The van der Waals surface area contributed by atoms with Crippen molar-refractivity contribution in [3.05, 3.63) is 71.2 Å². The van der Waals surface area contributed by atoms with E-state index in [1.807, 2.05) is 0 Å². The normalized spacial score (nSPS) is 14.6. The van der Waals surface area contributed by atoms with E-state index in [1.165, 1.54) is 41.8 Å². The summed E-state index contributed by atoms with van der Waals surface area (Å²) in [7, 11) is -3.77. The number of anilines is 1. The van der Waals surface area contributed by atoms with Gasteiger partial charge in [-0.25, -0.2) is 13.4 Å². The summed E-state index contributed by atoms with van der Waals surface area (Å²) in [6.45, 7) is 0. The first-order valence-electron chi connectivity index (χ1n) is 8.06. The van der Waals surface area contributed by atoms with Gasteiger partial charge in [-0.15, -0.1) is 11.3 Å². The summed E-state index contributed by atoms with van der Waals surface area (Å²) in [5, 5.41) is 9.73. The molecule has 0 unspecified atom stereocenters. The van der Waals surface area contributed by atoms with Gasteiger partial charge in [-0.05, 0) is 24.3 Å². The zero-order chi connectivity index (χ0) is 19.7. The topological polar surface area (TPSA) is 118 Å². The SMILES string of the molecule is O=C1c2ccccc2C(=O)C1N=Nc1ccc(S(=O)(=O)Nc2nccs2)cc1. The van der Waals surface area contributed by atoms with Gasteiger partial charge < -0.3 is 0 Å². The van der Waals surface area contributed by atoms with Crippen LogP contribution in [0.1, 0.15) is 20.7 Å². The Morgan fingerprint density at radius 1 is 0.964 bits per heavy atom. The first-order chi connectivity index (χ1) is 13.5. The maximum atomic E-state index is 12.3. The van der Waals surface area contributed by atoms with Gasteiger partial charge in [0.15, 0.2) is 22.7 Å². The highest BCUT2D eigenvalue weighted by Gasteiger charge is 2.38. The number of carbonyl (C=O) groups excluding carboxylic acids is 2. The Labute approximate surface area is 164 Å². The number of thiazole rings is 1. The van der Waals surface area contributed by atoms with E-state index >= 15 is 0 Å². The first-order valence-corrected chi connectivity index (χ1v) is 10.4. The Bertz CT molecular complexity index is 1150. The molecule has 28 heavy (non-hydrogen) atoms. The predicted molar refractivity (Wildman–Crippen MR) is 103 cm³/mol. The minimum atomic E-state index is -3.77. The summed E-state index contributed by atoms with van der Waals surface area (Å²) in [5.41, 5.74) is 1.00. The number of hydrogen-bond acceptors (Lipinski definition) is 8. The average molecular weight is 412 g/mol. The summed E-state index contributed by atoms with van der Waals surface area (Å²) in [4.78, 5) is 28.5. The van der Waals surface area contributed by atoms with Crippen molar-refractivity contribution in [1.29, 1.82) is 0 Å². The Kier molecular flexibility index (Phi) is 4.57. The smallest absolute Gasteiger partial charge is 0.263 e. The zero-order valence-corrected chi connectivity index (χ0v) is 15.8. The minimum absolute atomic E-state index is 0.0297. The molecule has 3 aromatic rings. The van der Waals surface area contributed by atoms with E-state index < -0.39 is 27.6 Å². The van der Waals surface area contributed by atoms with Crippen LogP contribution in [-0.4, -0.2) is 31.0 Å². The number of fused-ring (bicyclic) bond motifs is 1. The molecule has 8 nitrogen and oxygen atoms in total. The van der Waals surface area contributed by atoms with E-state index in [-0.39, 0.29) is 10.0 Å². The molecule has 0 radical (unpaired) electrons. The molecule has 1 heterocycles. The Morgan fingerprint density at radius 3 is 2.18 bits per heavy atom. The first kappa shape index (κ1) is 18.1. The van der Waals surface area contributed by atoms with Crippen LogP contribution in [0.4, 0.5) is 10.8 Å². The van der Waals surface area contributed by atoms with E-state index in [2.05, 4.69) is 19.9 Å². The maximum absolute atomic E-state index is 12.3. The second-order valence-electron chi connectivity index (χ2n) is 5.83. The van der Waals surface area contributed by atoms with Crippen LogP contribution in [0.5, 0.6) is 0 Å². The van der Waals surface area contributed by atoms with E-state index in [0.717, 1.165) is 0 Å². The molecule has 1 N–H and O–H groups in total. The van der Waals surface area contributed by atoms with Crippen LogP contribution in [0.25, 0.3) is 0 Å². The third kappa shape index (κ3) is 3.35. The van der Waals surface area contributed by atoms with E-state index in [9.17, 15) is 18.0 Å². The lowest BCUT2D eigenvalue weighted by atomic mass is 10.1. The monoisotopic (exact) mass is 412 g/mol. The van der Waals surface area contributed by atoms with Gasteiger partial charge in [0.25, 0.3) is 10.0 Å². The van der Waals surface area contributed by atoms with Gasteiger partial charge in [-0.3, -0.25) is 14.3 Å². The van der Waals surface area contributed by atoms with E-state index in [1.54, 1.807) is 29.6 Å². The molecule has 0 saturated carbocycles. The number of nitrogens with zero attached hydrogens (tertiary/aromatic N) is 3. The fourth-order valence-corrected chi connectivity index (χ4v) is 4.48.